The van der Waals surface area contributed by atoms with E-state index in [0.29, 0.717) is 33.6 Å². The van der Waals surface area contributed by atoms with Crippen LogP contribution in [0.1, 0.15) is 28.7 Å². The highest BCUT2D eigenvalue weighted by atomic mass is 32.2. The molecule has 0 aliphatic carbocycles. The zero-order valence-corrected chi connectivity index (χ0v) is 23.0. The summed E-state index contributed by atoms with van der Waals surface area (Å²) >= 11 is 0. The van der Waals surface area contributed by atoms with Crippen molar-refractivity contribution in [1.29, 1.82) is 0 Å². The summed E-state index contributed by atoms with van der Waals surface area (Å²) < 4.78 is 39.4. The molecule has 0 saturated heterocycles. The second kappa shape index (κ2) is 11.3. The van der Waals surface area contributed by atoms with Crippen LogP contribution in [-0.4, -0.2) is 19.6 Å². The minimum absolute atomic E-state index is 0.211. The molecule has 4 aromatic rings. The van der Waals surface area contributed by atoms with Crippen molar-refractivity contribution >= 4 is 49.3 Å². The van der Waals surface area contributed by atoms with Crippen molar-refractivity contribution < 1.29 is 17.7 Å². The van der Waals surface area contributed by atoms with Crippen LogP contribution < -0.4 is 10.5 Å². The Morgan fingerprint density at radius 2 is 1.36 bits per heavy atom. The van der Waals surface area contributed by atoms with E-state index < -0.39 is 10.1 Å². The Morgan fingerprint density at radius 1 is 0.795 bits per heavy atom. The average Bonchev–Trinajstić information content (AvgIpc) is 2.88. The molecular formula is C29H29N5O4S. The standard InChI is InChI=1S/C29H29N5O4S/c1-6-9-38-23-14-21-7-8-22(15-24(21)29(16-23)39(35,36)37)31-32-27-12-20(5)28(13-19(27)4)34-33-26-11-17(2)25(30)10-18(26)3/h1,7-8,10-16H,6,9,30H2,2-5H3,(H,35,36,37). The Hall–Kier alpha value is -4.15. The first-order valence-electron chi connectivity index (χ1n) is 12.2. The van der Waals surface area contributed by atoms with E-state index in [-0.39, 0.29) is 17.9 Å². The lowest BCUT2D eigenvalue weighted by Gasteiger charge is -2.10. The Morgan fingerprint density at radius 3 is 1.95 bits per heavy atom. The van der Waals surface area contributed by atoms with Crippen LogP contribution in [-0.2, 0) is 10.1 Å². The Kier molecular flexibility index (Phi) is 8.08. The molecule has 0 unspecified atom stereocenters. The van der Waals surface area contributed by atoms with Crippen molar-refractivity contribution in [3.05, 3.63) is 83.8 Å². The van der Waals surface area contributed by atoms with E-state index in [1.165, 1.54) is 6.07 Å². The molecule has 10 heteroatoms. The number of benzene rings is 4. The van der Waals surface area contributed by atoms with Crippen LogP contribution >= 0.6 is 0 Å². The van der Waals surface area contributed by atoms with Gasteiger partial charge in [0.1, 0.15) is 10.6 Å². The second-order valence-corrected chi connectivity index (χ2v) is 10.6. The number of ether oxygens (including phenoxy) is 1. The number of hydrogen-bond donors (Lipinski definition) is 2. The van der Waals surface area contributed by atoms with Crippen LogP contribution in [0.5, 0.6) is 5.75 Å². The molecule has 39 heavy (non-hydrogen) atoms. The number of azo groups is 2. The Balaban J connectivity index is 1.64. The van der Waals surface area contributed by atoms with E-state index in [0.717, 1.165) is 33.6 Å². The van der Waals surface area contributed by atoms with Crippen LogP contribution in [0.2, 0.25) is 0 Å². The lowest BCUT2D eigenvalue weighted by atomic mass is 10.1. The first kappa shape index (κ1) is 27.9. The van der Waals surface area contributed by atoms with Gasteiger partial charge in [0.05, 0.1) is 29.4 Å². The zero-order chi connectivity index (χ0) is 28.3. The van der Waals surface area contributed by atoms with E-state index in [9.17, 15) is 13.0 Å². The van der Waals surface area contributed by atoms with E-state index >= 15 is 0 Å². The number of nitrogens with two attached hydrogens (primary N) is 1. The van der Waals surface area contributed by atoms with Gasteiger partial charge in [0, 0.05) is 17.1 Å². The van der Waals surface area contributed by atoms with Gasteiger partial charge in [-0.05, 0) is 111 Å². The summed E-state index contributed by atoms with van der Waals surface area (Å²) in [6, 6.07) is 15.4. The van der Waals surface area contributed by atoms with E-state index in [1.807, 2.05) is 52.0 Å². The van der Waals surface area contributed by atoms with Crippen LogP contribution in [0.15, 0.2) is 79.9 Å². The molecule has 2 radical (unpaired) electrons. The van der Waals surface area contributed by atoms with Crippen molar-refractivity contribution in [3.8, 4) is 5.75 Å². The summed E-state index contributed by atoms with van der Waals surface area (Å²) in [4.78, 5) is -0.280. The third kappa shape index (κ3) is 6.47. The predicted molar refractivity (Wildman–Crippen MR) is 153 cm³/mol. The van der Waals surface area contributed by atoms with Gasteiger partial charge in [-0.3, -0.25) is 4.55 Å². The summed E-state index contributed by atoms with van der Waals surface area (Å²) in [6.45, 7) is 13.3. The molecule has 0 saturated carbocycles. The van der Waals surface area contributed by atoms with E-state index in [2.05, 4.69) is 20.5 Å². The second-order valence-electron chi connectivity index (χ2n) is 9.26. The first-order chi connectivity index (χ1) is 18.5. The maximum absolute atomic E-state index is 12.1. The Bertz CT molecular complexity index is 1730. The molecule has 0 amide bonds. The minimum atomic E-state index is -4.52. The smallest absolute Gasteiger partial charge is 0.295 e. The molecule has 9 nitrogen and oxygen atoms in total. The van der Waals surface area contributed by atoms with Crippen molar-refractivity contribution in [3.63, 3.8) is 0 Å². The molecule has 0 atom stereocenters. The van der Waals surface area contributed by atoms with E-state index in [1.54, 1.807) is 24.3 Å². The number of nitrogen functional groups attached to an aromatic ring is 1. The van der Waals surface area contributed by atoms with Crippen molar-refractivity contribution in [2.45, 2.75) is 39.0 Å². The third-order valence-corrected chi connectivity index (χ3v) is 7.07. The lowest BCUT2D eigenvalue weighted by Crippen LogP contribution is -2.02. The fourth-order valence-corrected chi connectivity index (χ4v) is 4.69. The molecule has 4 rings (SSSR count). The molecule has 0 aromatic heterocycles. The topological polar surface area (TPSA) is 139 Å². The summed E-state index contributed by atoms with van der Waals surface area (Å²) in [6.07, 6.45) is 0.267. The molecular weight excluding hydrogens is 514 g/mol. The monoisotopic (exact) mass is 543 g/mol. The zero-order valence-electron chi connectivity index (χ0n) is 22.1. The lowest BCUT2D eigenvalue weighted by molar-refractivity contribution is 0.324. The predicted octanol–water partition coefficient (Wildman–Crippen LogP) is 8.21. The SMILES string of the molecule is [CH]CCOc1cc(S(=O)(=O)O)c2cc(N=Nc3cc(C)c(N=Nc4cc(C)c(N)cc4C)cc3C)ccc2c1. The molecule has 0 aliphatic heterocycles. The molecule has 200 valence electrons. The van der Waals surface area contributed by atoms with E-state index in [4.69, 9.17) is 17.4 Å². The number of rotatable bonds is 8. The van der Waals surface area contributed by atoms with Crippen LogP contribution in [0.3, 0.4) is 0 Å². The van der Waals surface area contributed by atoms with Gasteiger partial charge in [-0.2, -0.15) is 28.9 Å². The summed E-state index contributed by atoms with van der Waals surface area (Å²) in [5.41, 5.74) is 12.8. The summed E-state index contributed by atoms with van der Waals surface area (Å²) in [5.74, 6) is 0.292. The van der Waals surface area contributed by atoms with Gasteiger partial charge in [-0.1, -0.05) is 6.07 Å². The van der Waals surface area contributed by atoms with Gasteiger partial charge in [0.25, 0.3) is 10.1 Å². The summed E-state index contributed by atoms with van der Waals surface area (Å²) in [5, 5.41) is 18.4. The maximum atomic E-state index is 12.1. The molecule has 0 bridgehead atoms. The van der Waals surface area contributed by atoms with Crippen LogP contribution in [0.4, 0.5) is 28.4 Å². The van der Waals surface area contributed by atoms with Gasteiger partial charge in [-0.15, -0.1) is 0 Å². The highest BCUT2D eigenvalue weighted by Gasteiger charge is 2.17. The molecule has 3 N–H and O–H groups in total. The molecule has 0 heterocycles. The van der Waals surface area contributed by atoms with Crippen molar-refractivity contribution in [2.75, 3.05) is 12.3 Å². The number of aryl methyl sites for hydroxylation is 4. The maximum Gasteiger partial charge on any atom is 0.295 e. The first-order valence-corrected chi connectivity index (χ1v) is 13.6. The van der Waals surface area contributed by atoms with Crippen LogP contribution in [0, 0.1) is 34.6 Å². The largest absolute Gasteiger partial charge is 0.494 e. The van der Waals surface area contributed by atoms with Gasteiger partial charge in [0.15, 0.2) is 0 Å². The molecule has 0 aliphatic rings. The normalized spacial score (nSPS) is 12.2. The van der Waals surface area contributed by atoms with Gasteiger partial charge >= 0.3 is 0 Å². The number of nitrogens with zero attached hydrogens (tertiary/aromatic N) is 4. The van der Waals surface area contributed by atoms with Gasteiger partial charge in [-0.25, -0.2) is 0 Å². The molecule has 4 aromatic carbocycles. The highest BCUT2D eigenvalue weighted by molar-refractivity contribution is 7.86. The van der Waals surface area contributed by atoms with Crippen LogP contribution in [0.25, 0.3) is 10.8 Å². The molecule has 0 spiro atoms. The fraction of sp³-hybridized carbons (Fsp3) is 0.207. The third-order valence-electron chi connectivity index (χ3n) is 6.18. The highest BCUT2D eigenvalue weighted by Crippen LogP contribution is 2.34. The van der Waals surface area contributed by atoms with Gasteiger partial charge < -0.3 is 10.5 Å². The number of hydrogen-bond acceptors (Lipinski definition) is 8. The number of fused-ring (bicyclic) bond motifs is 1. The molecule has 0 fully saturated rings. The number of anilines is 1. The minimum Gasteiger partial charge on any atom is -0.494 e. The fourth-order valence-electron chi connectivity index (χ4n) is 3.97. The van der Waals surface area contributed by atoms with Gasteiger partial charge in [0.2, 0.25) is 0 Å². The quantitative estimate of drug-likeness (QED) is 0.131. The Labute approximate surface area is 228 Å². The summed E-state index contributed by atoms with van der Waals surface area (Å²) in [7, 11) is -4.52. The average molecular weight is 544 g/mol. The van der Waals surface area contributed by atoms with Crippen molar-refractivity contribution in [1.82, 2.24) is 0 Å². The van der Waals surface area contributed by atoms with Crippen molar-refractivity contribution in [2.24, 2.45) is 20.5 Å².